The van der Waals surface area contributed by atoms with Gasteiger partial charge in [-0.2, -0.15) is 4.98 Å². The Morgan fingerprint density at radius 3 is 3.10 bits per heavy atom. The van der Waals surface area contributed by atoms with E-state index < -0.39 is 5.03 Å². The highest BCUT2D eigenvalue weighted by molar-refractivity contribution is 4.45. The molecule has 0 fully saturated rings. The van der Waals surface area contributed by atoms with Gasteiger partial charge < -0.3 is 4.42 Å². The third-order valence-corrected chi connectivity index (χ3v) is 0.621. The molecule has 1 aromatic heterocycles. The molecule has 0 radical (unpaired) electrons. The van der Waals surface area contributed by atoms with Crippen molar-refractivity contribution < 1.29 is 9.45 Å². The molecule has 0 aliphatic carbocycles. The second-order valence-electron chi connectivity index (χ2n) is 1.24. The molecule has 0 unspecified atom stereocenters. The standard InChI is InChI=1S/C3H2N4O3/c8-7(9)6-3-5-1-4-2-10-3/h1-2H. The van der Waals surface area contributed by atoms with Crippen molar-refractivity contribution in [2.24, 2.45) is 5.10 Å². The third-order valence-electron chi connectivity index (χ3n) is 0.621. The Kier molecular flexibility index (Phi) is 1.69. The fourth-order valence-corrected chi connectivity index (χ4v) is 0.337. The maximum atomic E-state index is 9.69. The zero-order chi connectivity index (χ0) is 7.40. The minimum Gasteiger partial charge on any atom is -0.408 e. The van der Waals surface area contributed by atoms with E-state index in [2.05, 4.69) is 19.5 Å². The van der Waals surface area contributed by atoms with Crippen LogP contribution in [0.4, 0.5) is 0 Å². The molecule has 10 heavy (non-hydrogen) atoms. The lowest BCUT2D eigenvalue weighted by molar-refractivity contribution is -0.492. The van der Waals surface area contributed by atoms with E-state index in [4.69, 9.17) is 0 Å². The molecule has 0 amide bonds. The van der Waals surface area contributed by atoms with Crippen LogP contribution in [0.3, 0.4) is 0 Å². The van der Waals surface area contributed by atoms with Crippen LogP contribution >= 0.6 is 0 Å². The summed E-state index contributed by atoms with van der Waals surface area (Å²) in [5.74, 6) is 0. The molecule has 7 heteroatoms. The summed E-state index contributed by atoms with van der Waals surface area (Å²) in [7, 11) is 0. The van der Waals surface area contributed by atoms with Crippen molar-refractivity contribution in [2.75, 3.05) is 0 Å². The molecule has 1 aromatic rings. The highest BCUT2D eigenvalue weighted by Crippen LogP contribution is 1.66. The van der Waals surface area contributed by atoms with Gasteiger partial charge in [-0.1, -0.05) is 0 Å². The van der Waals surface area contributed by atoms with Crippen LogP contribution in [0.2, 0.25) is 0 Å². The third kappa shape index (κ3) is 1.62. The fourth-order valence-electron chi connectivity index (χ4n) is 0.337. The molecule has 0 aliphatic rings. The first-order valence-electron chi connectivity index (χ1n) is 2.23. The topological polar surface area (TPSA) is 94.4 Å². The number of aromatic nitrogens is 2. The van der Waals surface area contributed by atoms with Crippen molar-refractivity contribution >= 4 is 0 Å². The van der Waals surface area contributed by atoms with E-state index >= 15 is 0 Å². The molecule has 0 bridgehead atoms. The molecule has 7 nitrogen and oxygen atoms in total. The average Bonchev–Trinajstić information content (AvgIpc) is 1.88. The Balaban J connectivity index is 3.06. The van der Waals surface area contributed by atoms with Crippen molar-refractivity contribution in [1.82, 2.24) is 9.97 Å². The molecule has 1 heterocycles. The van der Waals surface area contributed by atoms with Crippen LogP contribution < -0.4 is 5.68 Å². The number of nitro groups is 1. The van der Waals surface area contributed by atoms with E-state index in [9.17, 15) is 10.1 Å². The smallest absolute Gasteiger partial charge is 0.393 e. The normalized spacial score (nSPS) is 11.4. The van der Waals surface area contributed by atoms with E-state index in [1.807, 2.05) is 0 Å². The predicted octanol–water partition coefficient (Wildman–Crippen LogP) is -0.838. The summed E-state index contributed by atoms with van der Waals surface area (Å²) in [6, 6.07) is 0. The van der Waals surface area contributed by atoms with Gasteiger partial charge in [-0.05, 0) is 0 Å². The highest BCUT2D eigenvalue weighted by Gasteiger charge is 1.90. The van der Waals surface area contributed by atoms with Crippen molar-refractivity contribution in [3.8, 4) is 0 Å². The Bertz CT molecular complexity index is 274. The summed E-state index contributed by atoms with van der Waals surface area (Å²) in [6.07, 6.45) is 2.11. The number of nitrogens with zero attached hydrogens (tertiary/aromatic N) is 4. The molecule has 0 spiro atoms. The van der Waals surface area contributed by atoms with Crippen LogP contribution in [0, 0.1) is 10.1 Å². The Labute approximate surface area is 54.2 Å². The molecule has 0 aromatic carbocycles. The zero-order valence-corrected chi connectivity index (χ0v) is 4.67. The Hall–Kier alpha value is -1.79. The van der Waals surface area contributed by atoms with Gasteiger partial charge in [0, 0.05) is 0 Å². The van der Waals surface area contributed by atoms with Crippen molar-refractivity contribution in [3.63, 3.8) is 0 Å². The monoisotopic (exact) mass is 142 g/mol. The minimum absolute atomic E-state index is 0.319. The van der Waals surface area contributed by atoms with E-state index in [-0.39, 0.29) is 5.68 Å². The van der Waals surface area contributed by atoms with Crippen LogP contribution in [0.5, 0.6) is 0 Å². The molecule has 0 atom stereocenters. The molecule has 1 rings (SSSR count). The van der Waals surface area contributed by atoms with Crippen molar-refractivity contribution in [3.05, 3.63) is 28.5 Å². The first kappa shape index (κ1) is 6.33. The predicted molar refractivity (Wildman–Crippen MR) is 26.9 cm³/mol. The van der Waals surface area contributed by atoms with Crippen LogP contribution in [0.15, 0.2) is 22.2 Å². The van der Waals surface area contributed by atoms with E-state index in [0.717, 1.165) is 12.7 Å². The number of hydrogen-bond donors (Lipinski definition) is 0. The second kappa shape index (κ2) is 2.67. The molecular weight excluding hydrogens is 140 g/mol. The Morgan fingerprint density at radius 1 is 1.80 bits per heavy atom. The van der Waals surface area contributed by atoms with Crippen LogP contribution in [0.1, 0.15) is 0 Å². The molecule has 0 saturated carbocycles. The lowest BCUT2D eigenvalue weighted by Gasteiger charge is -1.77. The molecule has 0 aliphatic heterocycles. The second-order valence-corrected chi connectivity index (χ2v) is 1.24. The van der Waals surface area contributed by atoms with Gasteiger partial charge in [0.1, 0.15) is 11.4 Å². The van der Waals surface area contributed by atoms with Crippen molar-refractivity contribution in [2.45, 2.75) is 0 Å². The summed E-state index contributed by atoms with van der Waals surface area (Å²) >= 11 is 0. The number of rotatable bonds is 1. The van der Waals surface area contributed by atoms with E-state index in [0.29, 0.717) is 0 Å². The van der Waals surface area contributed by atoms with Gasteiger partial charge in [0.25, 0.3) is 0 Å². The van der Waals surface area contributed by atoms with Crippen LogP contribution in [0.25, 0.3) is 0 Å². The average molecular weight is 142 g/mol. The molecule has 0 saturated heterocycles. The maximum Gasteiger partial charge on any atom is 0.393 e. The zero-order valence-electron chi connectivity index (χ0n) is 4.67. The minimum atomic E-state index is -0.897. The van der Waals surface area contributed by atoms with E-state index in [1.165, 1.54) is 0 Å². The summed E-state index contributed by atoms with van der Waals surface area (Å²) < 4.78 is 4.41. The quantitative estimate of drug-likeness (QED) is 0.376. The number of hydrogen-bond acceptors (Lipinski definition) is 5. The summed E-state index contributed by atoms with van der Waals surface area (Å²) in [5, 5.41) is 11.6. The first-order valence-corrected chi connectivity index (χ1v) is 2.23. The fraction of sp³-hybridized carbons (Fsp3) is 0. The maximum absolute atomic E-state index is 9.69. The lowest BCUT2D eigenvalue weighted by atomic mass is 11.1. The molecular formula is C3H2N4O3. The van der Waals surface area contributed by atoms with Crippen LogP contribution in [-0.2, 0) is 0 Å². The van der Waals surface area contributed by atoms with Gasteiger partial charge >= 0.3 is 5.68 Å². The summed E-state index contributed by atoms with van der Waals surface area (Å²) in [5.41, 5.74) is -0.319. The SMILES string of the molecule is O=[N+]([O-])N=c1ncnco1. The van der Waals surface area contributed by atoms with E-state index in [1.54, 1.807) is 0 Å². The van der Waals surface area contributed by atoms with Crippen LogP contribution in [-0.4, -0.2) is 15.0 Å². The van der Waals surface area contributed by atoms with Gasteiger partial charge in [0.2, 0.25) is 0 Å². The molecule has 52 valence electrons. The summed E-state index contributed by atoms with van der Waals surface area (Å²) in [4.78, 5) is 16.4. The van der Waals surface area contributed by atoms with Crippen molar-refractivity contribution in [1.29, 1.82) is 0 Å². The van der Waals surface area contributed by atoms with Gasteiger partial charge in [0.05, 0.1) is 0 Å². The lowest BCUT2D eigenvalue weighted by Crippen LogP contribution is -2.08. The highest BCUT2D eigenvalue weighted by atomic mass is 16.7. The first-order chi connectivity index (χ1) is 4.79. The van der Waals surface area contributed by atoms with Gasteiger partial charge in [-0.25, -0.2) is 15.1 Å². The Morgan fingerprint density at radius 2 is 2.60 bits per heavy atom. The van der Waals surface area contributed by atoms with Gasteiger partial charge in [-0.3, -0.25) is 0 Å². The summed E-state index contributed by atoms with van der Waals surface area (Å²) in [6.45, 7) is 0. The van der Waals surface area contributed by atoms with Gasteiger partial charge in [-0.15, -0.1) is 0 Å². The molecule has 0 N–H and O–H groups in total. The van der Waals surface area contributed by atoms with Gasteiger partial charge in [0.15, 0.2) is 11.4 Å². The largest absolute Gasteiger partial charge is 0.408 e.